The maximum atomic E-state index is 13.2. The number of aromatic nitrogens is 2. The number of amides is 2. The van der Waals surface area contributed by atoms with Crippen LogP contribution < -0.4 is 15.0 Å². The second-order valence-electron chi connectivity index (χ2n) is 8.62. The van der Waals surface area contributed by atoms with Gasteiger partial charge in [-0.1, -0.05) is 25.1 Å². The maximum absolute atomic E-state index is 13.2. The van der Waals surface area contributed by atoms with Crippen LogP contribution in [-0.4, -0.2) is 33.9 Å². The molecule has 2 aromatic carbocycles. The van der Waals surface area contributed by atoms with Crippen molar-refractivity contribution in [1.82, 2.24) is 9.97 Å². The Morgan fingerprint density at radius 2 is 1.94 bits per heavy atom. The van der Waals surface area contributed by atoms with Crippen LogP contribution in [-0.2, 0) is 16.0 Å². The smallest absolute Gasteiger partial charge is 0.268 e. The fourth-order valence-electron chi connectivity index (χ4n) is 4.12. The van der Waals surface area contributed by atoms with Crippen molar-refractivity contribution >= 4 is 34.5 Å². The molecule has 36 heavy (non-hydrogen) atoms. The zero-order valence-corrected chi connectivity index (χ0v) is 21.1. The lowest BCUT2D eigenvalue weighted by Crippen LogP contribution is -2.52. The molecule has 7 nitrogen and oxygen atoms in total. The van der Waals surface area contributed by atoms with Crippen LogP contribution in [0.5, 0.6) is 5.75 Å². The monoisotopic (exact) mass is 498 g/mol. The minimum atomic E-state index is -0.747. The van der Waals surface area contributed by atoms with Crippen molar-refractivity contribution in [3.63, 3.8) is 0 Å². The molecule has 0 fully saturated rings. The molecule has 8 heteroatoms. The van der Waals surface area contributed by atoms with Crippen molar-refractivity contribution in [3.05, 3.63) is 77.8 Å². The standard InChI is InChI=1S/C28H26N4O3S/c1-4-19-8-11-21(12-9-19)30-26(33)17(2)32-24-15-20(10-13-25(24)35-18(3)28(32)34)23-16-36-27(31-23)22-7-5-6-14-29-22/h5-18H,4H2,1-3H3,(H,30,33). The summed E-state index contributed by atoms with van der Waals surface area (Å²) in [6, 6.07) is 18.3. The van der Waals surface area contributed by atoms with E-state index >= 15 is 0 Å². The van der Waals surface area contributed by atoms with E-state index in [4.69, 9.17) is 9.72 Å². The quantitative estimate of drug-likeness (QED) is 0.375. The van der Waals surface area contributed by atoms with Gasteiger partial charge in [-0.3, -0.25) is 19.5 Å². The Kier molecular flexibility index (Phi) is 6.52. The van der Waals surface area contributed by atoms with Crippen LogP contribution in [0.4, 0.5) is 11.4 Å². The summed E-state index contributed by atoms with van der Waals surface area (Å²) in [6.45, 7) is 5.50. The minimum absolute atomic E-state index is 0.268. The van der Waals surface area contributed by atoms with Crippen LogP contribution in [0.25, 0.3) is 22.0 Å². The molecule has 1 aliphatic rings. The third-order valence-electron chi connectivity index (χ3n) is 6.19. The summed E-state index contributed by atoms with van der Waals surface area (Å²) in [4.78, 5) is 37.0. The summed E-state index contributed by atoms with van der Waals surface area (Å²) in [7, 11) is 0. The highest BCUT2D eigenvalue weighted by Crippen LogP contribution is 2.39. The van der Waals surface area contributed by atoms with Gasteiger partial charge in [-0.15, -0.1) is 11.3 Å². The molecule has 3 heterocycles. The number of hydrogen-bond donors (Lipinski definition) is 1. The molecule has 0 aliphatic carbocycles. The lowest BCUT2D eigenvalue weighted by molar-refractivity contribution is -0.128. The highest BCUT2D eigenvalue weighted by molar-refractivity contribution is 7.13. The molecule has 2 unspecified atom stereocenters. The number of hydrogen-bond acceptors (Lipinski definition) is 6. The highest BCUT2D eigenvalue weighted by atomic mass is 32.1. The third kappa shape index (κ3) is 4.59. The number of fused-ring (bicyclic) bond motifs is 1. The first-order chi connectivity index (χ1) is 17.4. The molecule has 5 rings (SSSR count). The van der Waals surface area contributed by atoms with E-state index < -0.39 is 12.1 Å². The van der Waals surface area contributed by atoms with Crippen LogP contribution in [0, 0.1) is 0 Å². The molecular weight excluding hydrogens is 472 g/mol. The third-order valence-corrected chi connectivity index (χ3v) is 7.05. The minimum Gasteiger partial charge on any atom is -0.479 e. The zero-order valence-electron chi connectivity index (χ0n) is 20.3. The summed E-state index contributed by atoms with van der Waals surface area (Å²) < 4.78 is 5.86. The summed E-state index contributed by atoms with van der Waals surface area (Å²) in [6.07, 6.45) is 1.96. The molecule has 0 saturated carbocycles. The van der Waals surface area contributed by atoms with Gasteiger partial charge in [-0.25, -0.2) is 4.98 Å². The summed E-state index contributed by atoms with van der Waals surface area (Å²) in [5.74, 6) is 0.0122. The lowest BCUT2D eigenvalue weighted by Gasteiger charge is -2.36. The average Bonchev–Trinajstić information content (AvgIpc) is 3.40. The fourth-order valence-corrected chi connectivity index (χ4v) is 4.93. The number of nitrogens with one attached hydrogen (secondary N) is 1. The Morgan fingerprint density at radius 1 is 1.14 bits per heavy atom. The first-order valence-electron chi connectivity index (χ1n) is 11.9. The van der Waals surface area contributed by atoms with Gasteiger partial charge in [-0.2, -0.15) is 0 Å². The highest BCUT2D eigenvalue weighted by Gasteiger charge is 2.37. The number of benzene rings is 2. The van der Waals surface area contributed by atoms with Crippen molar-refractivity contribution in [3.8, 4) is 27.7 Å². The predicted octanol–water partition coefficient (Wildman–Crippen LogP) is 5.58. The first-order valence-corrected chi connectivity index (χ1v) is 12.7. The molecule has 0 spiro atoms. The molecule has 0 radical (unpaired) electrons. The molecule has 0 bridgehead atoms. The number of thiazole rings is 1. The van der Waals surface area contributed by atoms with Crippen molar-refractivity contribution in [2.24, 2.45) is 0 Å². The topological polar surface area (TPSA) is 84.4 Å². The van der Waals surface area contributed by atoms with E-state index in [1.807, 2.05) is 66.0 Å². The van der Waals surface area contributed by atoms with E-state index in [0.29, 0.717) is 17.1 Å². The van der Waals surface area contributed by atoms with Gasteiger partial charge in [0.15, 0.2) is 6.10 Å². The van der Waals surface area contributed by atoms with Crippen molar-refractivity contribution in [1.29, 1.82) is 0 Å². The fraction of sp³-hybridized carbons (Fsp3) is 0.214. The van der Waals surface area contributed by atoms with Gasteiger partial charge in [0.05, 0.1) is 17.1 Å². The number of ether oxygens (including phenoxy) is 1. The number of carbonyl (C=O) groups is 2. The van der Waals surface area contributed by atoms with Crippen LogP contribution in [0.1, 0.15) is 26.3 Å². The number of nitrogens with zero attached hydrogens (tertiary/aromatic N) is 3. The number of rotatable bonds is 6. The van der Waals surface area contributed by atoms with Crippen molar-refractivity contribution < 1.29 is 14.3 Å². The normalized spacial score (nSPS) is 15.7. The van der Waals surface area contributed by atoms with Crippen molar-refractivity contribution in [2.75, 3.05) is 10.2 Å². The number of anilines is 2. The van der Waals surface area contributed by atoms with E-state index in [2.05, 4.69) is 17.2 Å². The number of pyridine rings is 1. The van der Waals surface area contributed by atoms with Crippen LogP contribution >= 0.6 is 11.3 Å². The Bertz CT molecular complexity index is 1400. The van der Waals surface area contributed by atoms with Gasteiger partial charge in [0, 0.05) is 22.8 Å². The van der Waals surface area contributed by atoms with E-state index in [9.17, 15) is 9.59 Å². The molecular formula is C28H26N4O3S. The van der Waals surface area contributed by atoms with E-state index in [1.165, 1.54) is 21.8 Å². The maximum Gasteiger partial charge on any atom is 0.268 e. The molecule has 4 aromatic rings. The van der Waals surface area contributed by atoms with Gasteiger partial charge in [-0.05, 0) is 68.3 Å². The SMILES string of the molecule is CCc1ccc(NC(=O)C(C)N2C(=O)C(C)Oc3ccc(-c4csc(-c5ccccn5)n4)cc32)cc1. The lowest BCUT2D eigenvalue weighted by atomic mass is 10.1. The number of aryl methyl sites for hydroxylation is 1. The summed E-state index contributed by atoms with van der Waals surface area (Å²) in [5, 5.41) is 5.70. The summed E-state index contributed by atoms with van der Waals surface area (Å²) >= 11 is 1.50. The van der Waals surface area contributed by atoms with Gasteiger partial charge in [0.1, 0.15) is 16.8 Å². The Labute approximate surface area is 213 Å². The predicted molar refractivity (Wildman–Crippen MR) is 142 cm³/mol. The van der Waals surface area contributed by atoms with E-state index in [-0.39, 0.29) is 11.8 Å². The van der Waals surface area contributed by atoms with E-state index in [1.54, 1.807) is 20.0 Å². The van der Waals surface area contributed by atoms with Crippen LogP contribution in [0.3, 0.4) is 0 Å². The van der Waals surface area contributed by atoms with Crippen molar-refractivity contribution in [2.45, 2.75) is 39.3 Å². The average molecular weight is 499 g/mol. The van der Waals surface area contributed by atoms with Gasteiger partial charge >= 0.3 is 0 Å². The summed E-state index contributed by atoms with van der Waals surface area (Å²) in [5.41, 5.74) is 4.82. The molecule has 1 N–H and O–H groups in total. The van der Waals surface area contributed by atoms with Gasteiger partial charge in [0.25, 0.3) is 5.91 Å². The van der Waals surface area contributed by atoms with Crippen LogP contribution in [0.15, 0.2) is 72.2 Å². The number of carbonyl (C=O) groups excluding carboxylic acids is 2. The van der Waals surface area contributed by atoms with Crippen LogP contribution in [0.2, 0.25) is 0 Å². The van der Waals surface area contributed by atoms with Gasteiger partial charge < -0.3 is 10.1 Å². The molecule has 2 amide bonds. The molecule has 182 valence electrons. The Balaban J connectivity index is 1.44. The Hall–Kier alpha value is -4.04. The second-order valence-corrected chi connectivity index (χ2v) is 9.48. The second kappa shape index (κ2) is 9.91. The molecule has 2 atom stereocenters. The molecule has 2 aromatic heterocycles. The molecule has 0 saturated heterocycles. The Morgan fingerprint density at radius 3 is 2.67 bits per heavy atom. The van der Waals surface area contributed by atoms with E-state index in [0.717, 1.165) is 28.4 Å². The largest absolute Gasteiger partial charge is 0.479 e. The molecule has 1 aliphatic heterocycles. The zero-order chi connectivity index (χ0) is 25.2. The van der Waals surface area contributed by atoms with Gasteiger partial charge in [0.2, 0.25) is 5.91 Å². The first kappa shape index (κ1) is 23.7.